The summed E-state index contributed by atoms with van der Waals surface area (Å²) in [6.45, 7) is 0. The van der Waals surface area contributed by atoms with E-state index in [0.29, 0.717) is 6.07 Å². The third kappa shape index (κ3) is 3.34. The first kappa shape index (κ1) is 17.0. The predicted molar refractivity (Wildman–Crippen MR) is 87.3 cm³/mol. The molecule has 0 fully saturated rings. The van der Waals surface area contributed by atoms with Gasteiger partial charge in [0.05, 0.1) is 10.5 Å². The molecule has 0 saturated carbocycles. The molecule has 8 nitrogen and oxygen atoms in total. The highest BCUT2D eigenvalue weighted by Crippen LogP contribution is 2.26. The minimum Gasteiger partial charge on any atom is -0.457 e. The Hall–Kier alpha value is -3.82. The van der Waals surface area contributed by atoms with Crippen molar-refractivity contribution in [1.82, 2.24) is 9.97 Å². The first-order valence-electron chi connectivity index (χ1n) is 7.09. The lowest BCUT2D eigenvalue weighted by Gasteiger charge is -1.99. The molecule has 0 spiro atoms. The van der Waals surface area contributed by atoms with Crippen LogP contribution < -0.4 is 11.2 Å². The van der Waals surface area contributed by atoms with E-state index in [9.17, 15) is 28.5 Å². The molecule has 0 saturated heterocycles. The van der Waals surface area contributed by atoms with Crippen LogP contribution in [0.15, 0.2) is 44.3 Å². The highest BCUT2D eigenvalue weighted by molar-refractivity contribution is 5.71. The molecule has 132 valence electrons. The SMILES string of the molecule is O=c1[nH]c(C=Cc2ccc(-c3ccc(F)cc3F)o2)c([N+](=O)[O-])c(=O)[nH]1. The van der Waals surface area contributed by atoms with Crippen LogP contribution in [0, 0.1) is 21.7 Å². The number of aromatic nitrogens is 2. The van der Waals surface area contributed by atoms with Crippen molar-refractivity contribution < 1.29 is 18.1 Å². The van der Waals surface area contributed by atoms with E-state index in [1.165, 1.54) is 24.3 Å². The van der Waals surface area contributed by atoms with Gasteiger partial charge in [0.25, 0.3) is 0 Å². The number of benzene rings is 1. The van der Waals surface area contributed by atoms with Crippen molar-refractivity contribution in [2.45, 2.75) is 0 Å². The molecule has 26 heavy (non-hydrogen) atoms. The van der Waals surface area contributed by atoms with E-state index in [0.717, 1.165) is 12.1 Å². The summed E-state index contributed by atoms with van der Waals surface area (Å²) in [6, 6.07) is 5.84. The van der Waals surface area contributed by atoms with Gasteiger partial charge in [-0.1, -0.05) is 0 Å². The maximum absolute atomic E-state index is 13.8. The summed E-state index contributed by atoms with van der Waals surface area (Å²) in [5, 5.41) is 11.0. The molecule has 1 aromatic carbocycles. The summed E-state index contributed by atoms with van der Waals surface area (Å²) in [4.78, 5) is 36.7. The second-order valence-electron chi connectivity index (χ2n) is 5.09. The number of hydrogen-bond acceptors (Lipinski definition) is 5. The Morgan fingerprint density at radius 3 is 2.54 bits per heavy atom. The number of aromatic amines is 2. The summed E-state index contributed by atoms with van der Waals surface area (Å²) >= 11 is 0. The Labute approximate surface area is 142 Å². The lowest BCUT2D eigenvalue weighted by atomic mass is 10.1. The molecule has 2 N–H and O–H groups in total. The monoisotopic (exact) mass is 361 g/mol. The van der Waals surface area contributed by atoms with E-state index in [1.807, 2.05) is 0 Å². The van der Waals surface area contributed by atoms with Crippen LogP contribution in [-0.2, 0) is 0 Å². The lowest BCUT2D eigenvalue weighted by Crippen LogP contribution is -2.25. The van der Waals surface area contributed by atoms with Gasteiger partial charge in [0.2, 0.25) is 0 Å². The third-order valence-electron chi connectivity index (χ3n) is 3.37. The maximum atomic E-state index is 13.8. The molecule has 0 aliphatic carbocycles. The highest BCUT2D eigenvalue weighted by Gasteiger charge is 2.19. The van der Waals surface area contributed by atoms with Gasteiger partial charge in [0.1, 0.15) is 28.8 Å². The van der Waals surface area contributed by atoms with Crippen molar-refractivity contribution in [1.29, 1.82) is 0 Å². The Kier molecular flexibility index (Phi) is 4.31. The van der Waals surface area contributed by atoms with Crippen LogP contribution in [0.2, 0.25) is 0 Å². The second kappa shape index (κ2) is 6.59. The first-order chi connectivity index (χ1) is 12.3. The predicted octanol–water partition coefficient (Wildman–Crippen LogP) is 2.68. The molecule has 3 aromatic rings. The van der Waals surface area contributed by atoms with Crippen LogP contribution in [0.1, 0.15) is 11.5 Å². The van der Waals surface area contributed by atoms with Crippen LogP contribution in [0.3, 0.4) is 0 Å². The Balaban J connectivity index is 1.96. The van der Waals surface area contributed by atoms with Crippen molar-refractivity contribution in [2.24, 2.45) is 0 Å². The molecule has 0 bridgehead atoms. The standard InChI is InChI=1S/C16H9F2N3O5/c17-8-1-4-10(11(18)7-8)13-6-3-9(26-13)2-5-12-14(21(24)25)15(22)20-16(23)19-12/h1-7H,(H2,19,20,22,23). The molecule has 10 heteroatoms. The zero-order valence-corrected chi connectivity index (χ0v) is 12.8. The summed E-state index contributed by atoms with van der Waals surface area (Å²) in [6.07, 6.45) is 2.36. The molecule has 0 amide bonds. The van der Waals surface area contributed by atoms with E-state index >= 15 is 0 Å². The van der Waals surface area contributed by atoms with Gasteiger partial charge in [-0.05, 0) is 36.4 Å². The van der Waals surface area contributed by atoms with E-state index in [1.54, 1.807) is 4.98 Å². The van der Waals surface area contributed by atoms with Crippen LogP contribution >= 0.6 is 0 Å². The zero-order chi connectivity index (χ0) is 18.8. The summed E-state index contributed by atoms with van der Waals surface area (Å²) < 4.78 is 32.1. The minimum atomic E-state index is -1.15. The van der Waals surface area contributed by atoms with Gasteiger partial charge in [-0.2, -0.15) is 0 Å². The summed E-state index contributed by atoms with van der Waals surface area (Å²) in [7, 11) is 0. The number of nitrogens with one attached hydrogen (secondary N) is 2. The van der Waals surface area contributed by atoms with Crippen molar-refractivity contribution in [3.63, 3.8) is 0 Å². The Morgan fingerprint density at radius 2 is 1.85 bits per heavy atom. The molecule has 2 aromatic heterocycles. The minimum absolute atomic E-state index is 0.0293. The molecule has 2 heterocycles. The molecule has 0 atom stereocenters. The molecule has 0 aliphatic rings. The summed E-state index contributed by atoms with van der Waals surface area (Å²) in [5.74, 6) is -1.27. The van der Waals surface area contributed by atoms with Crippen molar-refractivity contribution in [3.05, 3.63) is 84.4 Å². The van der Waals surface area contributed by atoms with Crippen molar-refractivity contribution >= 4 is 17.8 Å². The van der Waals surface area contributed by atoms with Gasteiger partial charge in [-0.3, -0.25) is 19.9 Å². The van der Waals surface area contributed by atoms with E-state index < -0.39 is 33.5 Å². The molecule has 0 aliphatic heterocycles. The molecule has 0 radical (unpaired) electrons. The quantitative estimate of drug-likeness (QED) is 0.546. The average Bonchev–Trinajstić information content (AvgIpc) is 3.00. The van der Waals surface area contributed by atoms with Gasteiger partial charge in [0, 0.05) is 6.07 Å². The number of nitrogens with zero attached hydrogens (tertiary/aromatic N) is 1. The largest absolute Gasteiger partial charge is 0.457 e. The number of hydrogen-bond donors (Lipinski definition) is 2. The lowest BCUT2D eigenvalue weighted by molar-refractivity contribution is -0.386. The fourth-order valence-electron chi connectivity index (χ4n) is 2.24. The van der Waals surface area contributed by atoms with Gasteiger partial charge >= 0.3 is 16.9 Å². The number of nitro groups is 1. The van der Waals surface area contributed by atoms with Gasteiger partial charge in [-0.25, -0.2) is 13.6 Å². The number of rotatable bonds is 4. The van der Waals surface area contributed by atoms with Crippen LogP contribution in [0.4, 0.5) is 14.5 Å². The van der Waals surface area contributed by atoms with Gasteiger partial charge < -0.3 is 9.40 Å². The molecule has 0 unspecified atom stereocenters. The normalized spacial score (nSPS) is 11.2. The highest BCUT2D eigenvalue weighted by atomic mass is 19.1. The summed E-state index contributed by atoms with van der Waals surface area (Å²) in [5.41, 5.74) is -3.19. The average molecular weight is 361 g/mol. The van der Waals surface area contributed by atoms with Crippen LogP contribution in [0.25, 0.3) is 23.5 Å². The van der Waals surface area contributed by atoms with E-state index in [-0.39, 0.29) is 22.8 Å². The Morgan fingerprint density at radius 1 is 1.08 bits per heavy atom. The first-order valence-corrected chi connectivity index (χ1v) is 7.09. The topological polar surface area (TPSA) is 122 Å². The van der Waals surface area contributed by atoms with Gasteiger partial charge in [-0.15, -0.1) is 0 Å². The maximum Gasteiger partial charge on any atom is 0.357 e. The fourth-order valence-corrected chi connectivity index (χ4v) is 2.24. The van der Waals surface area contributed by atoms with E-state index in [2.05, 4.69) is 4.98 Å². The van der Waals surface area contributed by atoms with Crippen molar-refractivity contribution in [2.75, 3.05) is 0 Å². The van der Waals surface area contributed by atoms with E-state index in [4.69, 9.17) is 4.42 Å². The number of H-pyrrole nitrogens is 2. The Bertz CT molecular complexity index is 1140. The third-order valence-corrected chi connectivity index (χ3v) is 3.37. The molecule has 3 rings (SSSR count). The molecular weight excluding hydrogens is 352 g/mol. The molecular formula is C16H9F2N3O5. The zero-order valence-electron chi connectivity index (χ0n) is 12.8. The van der Waals surface area contributed by atoms with Gasteiger partial charge in [0.15, 0.2) is 0 Å². The smallest absolute Gasteiger partial charge is 0.357 e. The second-order valence-corrected chi connectivity index (χ2v) is 5.09. The fraction of sp³-hybridized carbons (Fsp3) is 0. The number of halogens is 2. The van der Waals surface area contributed by atoms with Crippen LogP contribution in [-0.4, -0.2) is 14.9 Å². The number of furan rings is 1. The van der Waals surface area contributed by atoms with Crippen molar-refractivity contribution in [3.8, 4) is 11.3 Å². The van der Waals surface area contributed by atoms with Crippen LogP contribution in [0.5, 0.6) is 0 Å².